The van der Waals surface area contributed by atoms with E-state index < -0.39 is 0 Å². The van der Waals surface area contributed by atoms with Crippen LogP contribution >= 0.6 is 0 Å². The van der Waals surface area contributed by atoms with Crippen LogP contribution in [-0.4, -0.2) is 102 Å². The van der Waals surface area contributed by atoms with Crippen molar-refractivity contribution in [1.29, 1.82) is 0 Å². The number of carbonyl (C=O) groups is 1. The SMILES string of the molecule is O=CC=CN1CCN(c2nc(OCCN3CCOCC3)nc3cc(-c4cc(O)cc5ccccc45)ncc23)CC1. The number of rotatable bonds is 8. The number of anilines is 1. The second-order valence-corrected chi connectivity index (χ2v) is 9.93. The van der Waals surface area contributed by atoms with E-state index in [0.717, 1.165) is 98.4 Å². The maximum absolute atomic E-state index is 10.7. The zero-order valence-electron chi connectivity index (χ0n) is 22.3. The Morgan fingerprint density at radius 2 is 1.80 bits per heavy atom. The normalized spacial score (nSPS) is 16.7. The molecule has 2 aliphatic rings. The molecule has 206 valence electrons. The standard InChI is InChI=1S/C30H32N6O4/c37-14-3-6-34-7-9-36(10-8-34)29-26-21-31-27(25-19-23(38)18-22-4-1-2-5-24(22)25)20-28(26)32-30(33-29)40-17-13-35-11-15-39-16-12-35/h1-6,14,18-21,38H,7-13,15-17H2. The highest BCUT2D eigenvalue weighted by Gasteiger charge is 2.21. The zero-order chi connectivity index (χ0) is 27.3. The lowest BCUT2D eigenvalue weighted by molar-refractivity contribution is -0.104. The molecular formula is C30H32N6O4. The first kappa shape index (κ1) is 26.0. The molecule has 6 rings (SSSR count). The van der Waals surface area contributed by atoms with Crippen LogP contribution in [0.15, 0.2) is 60.9 Å². The fourth-order valence-electron chi connectivity index (χ4n) is 5.28. The summed E-state index contributed by atoms with van der Waals surface area (Å²) in [5.74, 6) is 0.970. The lowest BCUT2D eigenvalue weighted by Gasteiger charge is -2.35. The minimum atomic E-state index is 0.188. The number of nitrogens with zero attached hydrogens (tertiary/aromatic N) is 6. The van der Waals surface area contributed by atoms with Crippen LogP contribution < -0.4 is 9.64 Å². The number of allylic oxidation sites excluding steroid dienone is 1. The Bertz CT molecular complexity index is 1530. The van der Waals surface area contributed by atoms with Gasteiger partial charge < -0.3 is 24.4 Å². The van der Waals surface area contributed by atoms with E-state index in [1.807, 2.05) is 42.7 Å². The third kappa shape index (κ3) is 5.68. The van der Waals surface area contributed by atoms with Crippen LogP contribution in [0.3, 0.4) is 0 Å². The second kappa shape index (κ2) is 11.8. The van der Waals surface area contributed by atoms with Crippen molar-refractivity contribution in [2.75, 3.05) is 70.5 Å². The van der Waals surface area contributed by atoms with Crippen LogP contribution in [0.25, 0.3) is 32.9 Å². The van der Waals surface area contributed by atoms with Crippen LogP contribution in [0, 0.1) is 0 Å². The molecule has 10 nitrogen and oxygen atoms in total. The van der Waals surface area contributed by atoms with Crippen molar-refractivity contribution >= 4 is 33.8 Å². The van der Waals surface area contributed by atoms with Crippen molar-refractivity contribution in [1.82, 2.24) is 24.8 Å². The molecule has 2 aromatic heterocycles. The van der Waals surface area contributed by atoms with Crippen LogP contribution in [0.2, 0.25) is 0 Å². The van der Waals surface area contributed by atoms with Gasteiger partial charge in [-0.2, -0.15) is 9.97 Å². The van der Waals surface area contributed by atoms with Crippen molar-refractivity contribution in [3.63, 3.8) is 0 Å². The first-order valence-electron chi connectivity index (χ1n) is 13.6. The van der Waals surface area contributed by atoms with Gasteiger partial charge in [0.15, 0.2) is 0 Å². The molecule has 40 heavy (non-hydrogen) atoms. The molecular weight excluding hydrogens is 508 g/mol. The van der Waals surface area contributed by atoms with E-state index >= 15 is 0 Å². The molecule has 2 aromatic carbocycles. The smallest absolute Gasteiger partial charge is 0.318 e. The minimum absolute atomic E-state index is 0.188. The van der Waals surface area contributed by atoms with Gasteiger partial charge in [-0.1, -0.05) is 24.3 Å². The maximum atomic E-state index is 10.7. The number of aromatic nitrogens is 3. The number of aromatic hydroxyl groups is 1. The van der Waals surface area contributed by atoms with E-state index in [2.05, 4.69) is 14.7 Å². The molecule has 10 heteroatoms. The van der Waals surface area contributed by atoms with Crippen molar-refractivity contribution in [2.45, 2.75) is 0 Å². The first-order valence-corrected chi connectivity index (χ1v) is 13.6. The number of morpholine rings is 1. The van der Waals surface area contributed by atoms with Crippen LogP contribution in [0.5, 0.6) is 11.8 Å². The highest BCUT2D eigenvalue weighted by atomic mass is 16.5. The molecule has 0 spiro atoms. The van der Waals surface area contributed by atoms with Crippen molar-refractivity contribution < 1.29 is 19.4 Å². The molecule has 2 saturated heterocycles. The van der Waals surface area contributed by atoms with Gasteiger partial charge in [-0.15, -0.1) is 0 Å². The third-order valence-corrected chi connectivity index (χ3v) is 7.39. The molecule has 0 aliphatic carbocycles. The van der Waals surface area contributed by atoms with Gasteiger partial charge in [0.1, 0.15) is 24.5 Å². The van der Waals surface area contributed by atoms with Crippen molar-refractivity contribution in [2.24, 2.45) is 0 Å². The number of fused-ring (bicyclic) bond motifs is 2. The van der Waals surface area contributed by atoms with Crippen LogP contribution in [-0.2, 0) is 9.53 Å². The predicted octanol–water partition coefficient (Wildman–Crippen LogP) is 3.10. The van der Waals surface area contributed by atoms with Crippen LogP contribution in [0.1, 0.15) is 0 Å². The predicted molar refractivity (Wildman–Crippen MR) is 154 cm³/mol. The van der Waals surface area contributed by atoms with Gasteiger partial charge in [-0.3, -0.25) is 14.7 Å². The van der Waals surface area contributed by atoms with Gasteiger partial charge in [0.25, 0.3) is 0 Å². The quantitative estimate of drug-likeness (QED) is 0.265. The average molecular weight is 541 g/mol. The molecule has 2 aliphatic heterocycles. The second-order valence-electron chi connectivity index (χ2n) is 9.93. The number of benzene rings is 2. The Labute approximate surface area is 232 Å². The third-order valence-electron chi connectivity index (χ3n) is 7.39. The summed E-state index contributed by atoms with van der Waals surface area (Å²) in [6, 6.07) is 13.7. The Balaban J connectivity index is 1.34. The van der Waals surface area contributed by atoms with E-state index in [9.17, 15) is 9.90 Å². The lowest BCUT2D eigenvalue weighted by Crippen LogP contribution is -2.44. The van der Waals surface area contributed by atoms with E-state index in [4.69, 9.17) is 24.4 Å². The summed E-state index contributed by atoms with van der Waals surface area (Å²) in [6.45, 7) is 7.53. The van der Waals surface area contributed by atoms with Crippen molar-refractivity contribution in [3.05, 3.63) is 60.9 Å². The molecule has 2 fully saturated rings. The van der Waals surface area contributed by atoms with Gasteiger partial charge >= 0.3 is 6.01 Å². The zero-order valence-corrected chi connectivity index (χ0v) is 22.3. The Kier molecular flexibility index (Phi) is 7.69. The van der Waals surface area contributed by atoms with Gasteiger partial charge in [0.2, 0.25) is 0 Å². The fourth-order valence-corrected chi connectivity index (χ4v) is 5.28. The van der Waals surface area contributed by atoms with Gasteiger partial charge in [0, 0.05) is 63.8 Å². The van der Waals surface area contributed by atoms with E-state index in [1.54, 1.807) is 12.1 Å². The summed E-state index contributed by atoms with van der Waals surface area (Å²) in [7, 11) is 0. The maximum Gasteiger partial charge on any atom is 0.318 e. The molecule has 0 radical (unpaired) electrons. The number of hydrogen-bond donors (Lipinski definition) is 1. The number of carbonyl (C=O) groups excluding carboxylic acids is 1. The Morgan fingerprint density at radius 3 is 2.62 bits per heavy atom. The average Bonchev–Trinajstić information content (AvgIpc) is 2.99. The number of piperazine rings is 1. The Morgan fingerprint density at radius 1 is 0.975 bits per heavy atom. The molecule has 0 atom stereocenters. The van der Waals surface area contributed by atoms with Gasteiger partial charge in [-0.05, 0) is 35.0 Å². The van der Waals surface area contributed by atoms with E-state index in [0.29, 0.717) is 18.3 Å². The number of hydrogen-bond acceptors (Lipinski definition) is 10. The number of aldehydes is 1. The summed E-state index contributed by atoms with van der Waals surface area (Å²) < 4.78 is 11.6. The Hall–Kier alpha value is -4.28. The first-order chi connectivity index (χ1) is 19.7. The van der Waals surface area contributed by atoms with Crippen LogP contribution in [0.4, 0.5) is 5.82 Å². The summed E-state index contributed by atoms with van der Waals surface area (Å²) in [5, 5.41) is 13.2. The topological polar surface area (TPSA) is 104 Å². The molecule has 0 bridgehead atoms. The van der Waals surface area contributed by atoms with Crippen molar-refractivity contribution in [3.8, 4) is 23.0 Å². The number of ether oxygens (including phenoxy) is 2. The highest BCUT2D eigenvalue weighted by Crippen LogP contribution is 2.34. The molecule has 4 heterocycles. The number of pyridine rings is 1. The summed E-state index contributed by atoms with van der Waals surface area (Å²) in [4.78, 5) is 31.8. The molecule has 0 amide bonds. The highest BCUT2D eigenvalue weighted by molar-refractivity contribution is 5.99. The molecule has 4 aromatic rings. The van der Waals surface area contributed by atoms with Gasteiger partial charge in [0.05, 0.1) is 29.8 Å². The summed E-state index contributed by atoms with van der Waals surface area (Å²) >= 11 is 0. The number of phenolic OH excluding ortho intramolecular Hbond substituents is 1. The fraction of sp³-hybridized carbons (Fsp3) is 0.333. The number of phenols is 1. The van der Waals surface area contributed by atoms with Gasteiger partial charge in [-0.25, -0.2) is 0 Å². The monoisotopic (exact) mass is 540 g/mol. The molecule has 0 saturated carbocycles. The summed E-state index contributed by atoms with van der Waals surface area (Å²) in [6.07, 6.45) is 5.96. The lowest BCUT2D eigenvalue weighted by atomic mass is 10.0. The summed E-state index contributed by atoms with van der Waals surface area (Å²) in [5.41, 5.74) is 2.28. The largest absolute Gasteiger partial charge is 0.508 e. The minimum Gasteiger partial charge on any atom is -0.508 e. The van der Waals surface area contributed by atoms with E-state index in [1.165, 1.54) is 6.08 Å². The molecule has 1 N–H and O–H groups in total. The molecule has 0 unspecified atom stereocenters. The van der Waals surface area contributed by atoms with E-state index in [-0.39, 0.29) is 5.75 Å².